The number of hydrogen-bond acceptors (Lipinski definition) is 3. The van der Waals surface area contributed by atoms with Crippen molar-refractivity contribution in [1.82, 2.24) is 24.9 Å². The number of amides is 1. The summed E-state index contributed by atoms with van der Waals surface area (Å²) in [5, 5.41) is 11.4. The standard InChI is InChI=1S/C19H23N5O/c1-14-15(2)21-22-18(14)9-10-19(25)23(3)13-16-5-7-17(8-6-16)24-12-4-11-20-24/h4-8,11-12H,9-10,13H2,1-3H3,(H,21,22). The van der Waals surface area contributed by atoms with Gasteiger partial charge >= 0.3 is 0 Å². The summed E-state index contributed by atoms with van der Waals surface area (Å²) >= 11 is 0. The van der Waals surface area contributed by atoms with Crippen molar-refractivity contribution in [2.45, 2.75) is 33.2 Å². The van der Waals surface area contributed by atoms with E-state index in [1.54, 1.807) is 11.1 Å². The highest BCUT2D eigenvalue weighted by atomic mass is 16.2. The third-order valence-electron chi connectivity index (χ3n) is 4.48. The Morgan fingerprint density at radius 3 is 2.60 bits per heavy atom. The number of carbonyl (C=O) groups excluding carboxylic acids is 1. The van der Waals surface area contributed by atoms with E-state index in [2.05, 4.69) is 15.3 Å². The highest BCUT2D eigenvalue weighted by Crippen LogP contribution is 2.13. The molecule has 6 nitrogen and oxygen atoms in total. The molecule has 0 atom stereocenters. The number of nitrogens with zero attached hydrogens (tertiary/aromatic N) is 4. The highest BCUT2D eigenvalue weighted by molar-refractivity contribution is 5.76. The molecule has 0 aliphatic heterocycles. The molecule has 2 aromatic heterocycles. The molecule has 1 N–H and O–H groups in total. The van der Waals surface area contributed by atoms with Gasteiger partial charge in [-0.2, -0.15) is 10.2 Å². The number of aromatic nitrogens is 4. The SMILES string of the molecule is Cc1[nH]nc(CCC(=O)N(C)Cc2ccc(-n3cccn3)cc2)c1C. The molecule has 3 rings (SSSR count). The van der Waals surface area contributed by atoms with Gasteiger partial charge in [-0.05, 0) is 43.2 Å². The van der Waals surface area contributed by atoms with E-state index in [0.29, 0.717) is 19.4 Å². The van der Waals surface area contributed by atoms with E-state index in [1.807, 2.05) is 62.1 Å². The van der Waals surface area contributed by atoms with E-state index in [-0.39, 0.29) is 5.91 Å². The second kappa shape index (κ2) is 7.34. The lowest BCUT2D eigenvalue weighted by Crippen LogP contribution is -2.26. The first-order valence-corrected chi connectivity index (χ1v) is 8.38. The predicted octanol–water partition coefficient (Wildman–Crippen LogP) is 2.80. The zero-order valence-electron chi connectivity index (χ0n) is 14.9. The number of benzene rings is 1. The van der Waals surface area contributed by atoms with Crippen molar-refractivity contribution < 1.29 is 4.79 Å². The number of carbonyl (C=O) groups is 1. The average Bonchev–Trinajstić information content (AvgIpc) is 3.25. The van der Waals surface area contributed by atoms with E-state index < -0.39 is 0 Å². The molecule has 1 amide bonds. The fourth-order valence-corrected chi connectivity index (χ4v) is 2.73. The minimum Gasteiger partial charge on any atom is -0.341 e. The zero-order chi connectivity index (χ0) is 17.8. The second-order valence-electron chi connectivity index (χ2n) is 6.29. The van der Waals surface area contributed by atoms with Gasteiger partial charge in [-0.3, -0.25) is 9.89 Å². The van der Waals surface area contributed by atoms with Gasteiger partial charge in [0.15, 0.2) is 0 Å². The molecule has 0 saturated carbocycles. The summed E-state index contributed by atoms with van der Waals surface area (Å²) in [5.41, 5.74) is 5.28. The molecular weight excluding hydrogens is 314 g/mol. The van der Waals surface area contributed by atoms with Crippen LogP contribution in [0.4, 0.5) is 0 Å². The molecule has 0 unspecified atom stereocenters. The van der Waals surface area contributed by atoms with Gasteiger partial charge in [-0.25, -0.2) is 4.68 Å². The van der Waals surface area contributed by atoms with Crippen LogP contribution < -0.4 is 0 Å². The van der Waals surface area contributed by atoms with Crippen molar-refractivity contribution in [3.8, 4) is 5.69 Å². The number of H-pyrrole nitrogens is 1. The fraction of sp³-hybridized carbons (Fsp3) is 0.316. The summed E-state index contributed by atoms with van der Waals surface area (Å²) in [6.45, 7) is 4.62. The number of rotatable bonds is 6. The van der Waals surface area contributed by atoms with Crippen molar-refractivity contribution in [2.75, 3.05) is 7.05 Å². The van der Waals surface area contributed by atoms with Crippen molar-refractivity contribution >= 4 is 5.91 Å². The Balaban J connectivity index is 1.55. The number of aromatic amines is 1. The third-order valence-corrected chi connectivity index (χ3v) is 4.48. The lowest BCUT2D eigenvalue weighted by molar-refractivity contribution is -0.130. The van der Waals surface area contributed by atoms with Gasteiger partial charge < -0.3 is 4.90 Å². The summed E-state index contributed by atoms with van der Waals surface area (Å²) in [7, 11) is 1.84. The summed E-state index contributed by atoms with van der Waals surface area (Å²) in [6.07, 6.45) is 4.79. The minimum absolute atomic E-state index is 0.121. The Morgan fingerprint density at radius 2 is 2.00 bits per heavy atom. The van der Waals surface area contributed by atoms with Crippen LogP contribution in [0.3, 0.4) is 0 Å². The largest absolute Gasteiger partial charge is 0.341 e. The normalized spacial score (nSPS) is 10.8. The number of hydrogen-bond donors (Lipinski definition) is 1. The van der Waals surface area contributed by atoms with Gasteiger partial charge in [0.1, 0.15) is 0 Å². The molecule has 25 heavy (non-hydrogen) atoms. The molecule has 0 radical (unpaired) electrons. The van der Waals surface area contributed by atoms with E-state index in [9.17, 15) is 4.79 Å². The Bertz CT molecular complexity index is 833. The molecule has 1 aromatic carbocycles. The highest BCUT2D eigenvalue weighted by Gasteiger charge is 2.12. The summed E-state index contributed by atoms with van der Waals surface area (Å²) in [4.78, 5) is 14.1. The van der Waals surface area contributed by atoms with Crippen LogP contribution in [0.25, 0.3) is 5.69 Å². The Hall–Kier alpha value is -2.89. The second-order valence-corrected chi connectivity index (χ2v) is 6.29. The molecule has 0 spiro atoms. The Morgan fingerprint density at radius 1 is 1.24 bits per heavy atom. The first kappa shape index (κ1) is 17.0. The van der Waals surface area contributed by atoms with E-state index in [4.69, 9.17) is 0 Å². The third kappa shape index (κ3) is 3.96. The number of aryl methyl sites for hydroxylation is 2. The van der Waals surface area contributed by atoms with Crippen LogP contribution >= 0.6 is 0 Å². The van der Waals surface area contributed by atoms with Crippen LogP contribution in [-0.4, -0.2) is 37.8 Å². The first-order valence-electron chi connectivity index (χ1n) is 8.38. The Labute approximate surface area is 147 Å². The molecule has 6 heteroatoms. The van der Waals surface area contributed by atoms with E-state index >= 15 is 0 Å². The minimum atomic E-state index is 0.121. The van der Waals surface area contributed by atoms with E-state index in [0.717, 1.165) is 28.2 Å². The molecule has 2 heterocycles. The molecule has 130 valence electrons. The van der Waals surface area contributed by atoms with Crippen molar-refractivity contribution in [2.24, 2.45) is 0 Å². The molecule has 0 aliphatic rings. The van der Waals surface area contributed by atoms with Gasteiger partial charge in [0.05, 0.1) is 11.4 Å². The molecule has 0 aliphatic carbocycles. The topological polar surface area (TPSA) is 66.8 Å². The zero-order valence-corrected chi connectivity index (χ0v) is 14.9. The van der Waals surface area contributed by atoms with Gasteiger partial charge in [0.25, 0.3) is 0 Å². The maximum Gasteiger partial charge on any atom is 0.223 e. The monoisotopic (exact) mass is 337 g/mol. The van der Waals surface area contributed by atoms with Gasteiger partial charge in [-0.1, -0.05) is 12.1 Å². The van der Waals surface area contributed by atoms with Crippen LogP contribution in [0, 0.1) is 13.8 Å². The molecule has 0 fully saturated rings. The molecule has 0 bridgehead atoms. The smallest absolute Gasteiger partial charge is 0.223 e. The van der Waals surface area contributed by atoms with Crippen LogP contribution in [0.2, 0.25) is 0 Å². The summed E-state index contributed by atoms with van der Waals surface area (Å²) < 4.78 is 1.81. The van der Waals surface area contributed by atoms with Crippen LogP contribution in [-0.2, 0) is 17.8 Å². The first-order chi connectivity index (χ1) is 12.0. The summed E-state index contributed by atoms with van der Waals surface area (Å²) in [5.74, 6) is 0.121. The van der Waals surface area contributed by atoms with Gasteiger partial charge in [-0.15, -0.1) is 0 Å². The van der Waals surface area contributed by atoms with Crippen LogP contribution in [0.5, 0.6) is 0 Å². The Kier molecular flexibility index (Phi) is 4.97. The lowest BCUT2D eigenvalue weighted by atomic mass is 10.1. The number of nitrogens with one attached hydrogen (secondary N) is 1. The van der Waals surface area contributed by atoms with Crippen LogP contribution in [0.1, 0.15) is 28.9 Å². The fourth-order valence-electron chi connectivity index (χ4n) is 2.73. The van der Waals surface area contributed by atoms with Gasteiger partial charge in [0, 0.05) is 44.5 Å². The van der Waals surface area contributed by atoms with Gasteiger partial charge in [0.2, 0.25) is 5.91 Å². The van der Waals surface area contributed by atoms with E-state index in [1.165, 1.54) is 0 Å². The quantitative estimate of drug-likeness (QED) is 0.752. The van der Waals surface area contributed by atoms with Crippen molar-refractivity contribution in [1.29, 1.82) is 0 Å². The maximum atomic E-state index is 12.4. The van der Waals surface area contributed by atoms with Crippen LogP contribution in [0.15, 0.2) is 42.7 Å². The maximum absolute atomic E-state index is 12.4. The average molecular weight is 337 g/mol. The molecule has 3 aromatic rings. The van der Waals surface area contributed by atoms with Crippen molar-refractivity contribution in [3.63, 3.8) is 0 Å². The van der Waals surface area contributed by atoms with Crippen molar-refractivity contribution in [3.05, 3.63) is 65.2 Å². The summed E-state index contributed by atoms with van der Waals surface area (Å²) in [6, 6.07) is 9.97. The molecular formula is C19H23N5O. The molecule has 0 saturated heterocycles. The predicted molar refractivity (Wildman–Crippen MR) is 96.4 cm³/mol. The lowest BCUT2D eigenvalue weighted by Gasteiger charge is -2.17.